The molecule has 1 atom stereocenters. The topological polar surface area (TPSA) is 122 Å². The smallest absolute Gasteiger partial charge is 0.326 e. The number of pyridine rings is 2. The van der Waals surface area contributed by atoms with E-state index in [4.69, 9.17) is 4.74 Å². The number of nitrogens with zero attached hydrogens (tertiary/aromatic N) is 3. The van der Waals surface area contributed by atoms with Gasteiger partial charge in [-0.3, -0.25) is 14.6 Å². The summed E-state index contributed by atoms with van der Waals surface area (Å²) in [6.07, 6.45) is 6.77. The number of hydrogen-bond acceptors (Lipinski definition) is 8. The van der Waals surface area contributed by atoms with E-state index in [-0.39, 0.29) is 17.8 Å². The van der Waals surface area contributed by atoms with E-state index in [9.17, 15) is 19.5 Å². The number of carbonyl (C=O) groups is 1. The first-order valence-corrected chi connectivity index (χ1v) is 12.0. The first kappa shape index (κ1) is 24.8. The minimum absolute atomic E-state index is 0.0879. The van der Waals surface area contributed by atoms with Crippen LogP contribution in [0.2, 0.25) is 0 Å². The van der Waals surface area contributed by atoms with E-state index in [1.807, 2.05) is 30.9 Å². The first-order valence-electron chi connectivity index (χ1n) is 12.0. The highest BCUT2D eigenvalue weighted by atomic mass is 16.5. The molecule has 2 N–H and O–H groups in total. The molecule has 9 heteroatoms. The Morgan fingerprint density at radius 1 is 1.03 bits per heavy atom. The van der Waals surface area contributed by atoms with Crippen LogP contribution >= 0.6 is 0 Å². The summed E-state index contributed by atoms with van der Waals surface area (Å²) in [7, 11) is 0. The van der Waals surface area contributed by atoms with Crippen molar-refractivity contribution in [2.75, 3.05) is 23.3 Å². The number of fused-ring (bicyclic) bond motifs is 1. The molecule has 0 bridgehead atoms. The molecule has 0 aliphatic carbocycles. The van der Waals surface area contributed by atoms with Crippen LogP contribution in [-0.4, -0.2) is 40.2 Å². The lowest BCUT2D eigenvalue weighted by Gasteiger charge is -2.28. The minimum atomic E-state index is -1.11. The van der Waals surface area contributed by atoms with E-state index in [2.05, 4.69) is 15.3 Å². The Bertz CT molecular complexity index is 1420. The number of hydrogen-bond donors (Lipinski definition) is 2. The normalized spacial score (nSPS) is 11.9. The number of aromatic nitrogens is 2. The molecule has 4 aromatic rings. The highest BCUT2D eigenvalue weighted by Gasteiger charge is 2.29. The molecule has 0 radical (unpaired) electrons. The number of carboxylic acids is 1. The molecule has 0 aliphatic heterocycles. The molecular formula is C27H28N4O5. The summed E-state index contributed by atoms with van der Waals surface area (Å²) in [5, 5.41) is 14.4. The van der Waals surface area contributed by atoms with E-state index in [0.717, 1.165) is 29.2 Å². The van der Waals surface area contributed by atoms with E-state index < -0.39 is 22.9 Å². The van der Waals surface area contributed by atoms with Crippen LogP contribution in [0, 0.1) is 0 Å². The molecule has 0 unspecified atom stereocenters. The van der Waals surface area contributed by atoms with Crippen LogP contribution < -0.4 is 25.8 Å². The van der Waals surface area contributed by atoms with Crippen LogP contribution in [-0.2, 0) is 11.2 Å². The van der Waals surface area contributed by atoms with Crippen LogP contribution in [0.5, 0.6) is 11.6 Å². The lowest BCUT2D eigenvalue weighted by Crippen LogP contribution is -2.46. The summed E-state index contributed by atoms with van der Waals surface area (Å²) in [5.74, 6) is -0.143. The highest BCUT2D eigenvalue weighted by molar-refractivity contribution is 5.86. The molecule has 0 spiro atoms. The lowest BCUT2D eigenvalue weighted by atomic mass is 10.0. The van der Waals surface area contributed by atoms with Gasteiger partial charge in [0.15, 0.2) is 0 Å². The molecule has 4 rings (SSSR count). The summed E-state index contributed by atoms with van der Waals surface area (Å²) in [6.45, 7) is 5.21. The molecule has 0 saturated heterocycles. The Hall–Kier alpha value is -4.27. The van der Waals surface area contributed by atoms with Crippen LogP contribution in [0.4, 0.5) is 11.4 Å². The van der Waals surface area contributed by atoms with Gasteiger partial charge in [-0.05, 0) is 48.1 Å². The van der Waals surface area contributed by atoms with Crippen LogP contribution in [0.1, 0.15) is 32.3 Å². The van der Waals surface area contributed by atoms with E-state index >= 15 is 0 Å². The molecule has 0 saturated carbocycles. The average Bonchev–Trinajstić information content (AvgIpc) is 2.88. The predicted molar refractivity (Wildman–Crippen MR) is 139 cm³/mol. The number of ether oxygens (including phenoxy) is 1. The SMILES string of the molecule is CCCN(CCC)c1c(N[C@@H](Cc2ccc(Oc3nccc4ccncc34)cc2)C(=O)O)c(=O)c1=O. The third-order valence-electron chi connectivity index (χ3n) is 5.91. The van der Waals surface area contributed by atoms with Crippen molar-refractivity contribution in [1.82, 2.24) is 9.97 Å². The Morgan fingerprint density at radius 2 is 1.72 bits per heavy atom. The van der Waals surface area contributed by atoms with Gasteiger partial charge in [-0.15, -0.1) is 0 Å². The van der Waals surface area contributed by atoms with Gasteiger partial charge in [0.05, 0.1) is 5.39 Å². The number of nitrogens with one attached hydrogen (secondary N) is 1. The standard InChI is InChI=1S/C27H28N4O5/c1-3-13-31(14-4-2)23-22(24(32)25(23)33)30-21(27(34)35)15-17-5-7-19(8-6-17)36-26-20-16-28-11-9-18(20)10-12-29-26/h5-12,16,21,30H,3-4,13-15H2,1-2H3,(H,34,35)/t21-/m0/s1. The second-order valence-electron chi connectivity index (χ2n) is 8.57. The zero-order chi connectivity index (χ0) is 25.7. The predicted octanol–water partition coefficient (Wildman–Crippen LogP) is 3.75. The van der Waals surface area contributed by atoms with Crippen molar-refractivity contribution in [2.45, 2.75) is 39.2 Å². The molecule has 2 heterocycles. The van der Waals surface area contributed by atoms with Gasteiger partial charge >= 0.3 is 5.97 Å². The Kier molecular flexibility index (Phi) is 7.58. The second-order valence-corrected chi connectivity index (χ2v) is 8.57. The van der Waals surface area contributed by atoms with Crippen molar-refractivity contribution in [3.05, 3.63) is 81.0 Å². The molecule has 9 nitrogen and oxygen atoms in total. The molecule has 2 aromatic carbocycles. The van der Waals surface area contributed by atoms with Crippen molar-refractivity contribution < 1.29 is 14.6 Å². The van der Waals surface area contributed by atoms with Crippen molar-refractivity contribution in [2.24, 2.45) is 0 Å². The number of aliphatic carboxylic acids is 1. The first-order chi connectivity index (χ1) is 17.4. The van der Waals surface area contributed by atoms with Gasteiger partial charge in [0, 0.05) is 38.1 Å². The fraction of sp³-hybridized carbons (Fsp3) is 0.296. The number of carboxylic acid groups (broad SMARTS) is 1. The second kappa shape index (κ2) is 11.0. The van der Waals surface area contributed by atoms with Gasteiger partial charge in [0.2, 0.25) is 5.88 Å². The van der Waals surface area contributed by atoms with Gasteiger partial charge in [-0.1, -0.05) is 26.0 Å². The van der Waals surface area contributed by atoms with Crippen molar-refractivity contribution in [3.63, 3.8) is 0 Å². The molecule has 0 amide bonds. The van der Waals surface area contributed by atoms with E-state index in [1.54, 1.807) is 42.9 Å². The summed E-state index contributed by atoms with van der Waals surface area (Å²) in [5.41, 5.74) is -0.133. The van der Waals surface area contributed by atoms with Crippen molar-refractivity contribution >= 4 is 28.1 Å². The van der Waals surface area contributed by atoms with Gasteiger partial charge < -0.3 is 20.1 Å². The third kappa shape index (κ3) is 5.19. The molecular weight excluding hydrogens is 460 g/mol. The van der Waals surface area contributed by atoms with Crippen molar-refractivity contribution in [1.29, 1.82) is 0 Å². The quantitative estimate of drug-likeness (QED) is 0.287. The summed E-state index contributed by atoms with van der Waals surface area (Å²) < 4.78 is 5.92. The maximum absolute atomic E-state index is 12.3. The molecule has 2 aromatic heterocycles. The third-order valence-corrected chi connectivity index (χ3v) is 5.91. The molecule has 0 fully saturated rings. The Balaban J connectivity index is 1.49. The zero-order valence-electron chi connectivity index (χ0n) is 20.2. The molecule has 0 aliphatic rings. The van der Waals surface area contributed by atoms with E-state index in [1.165, 1.54) is 0 Å². The van der Waals surface area contributed by atoms with Gasteiger partial charge in [-0.2, -0.15) is 0 Å². The van der Waals surface area contributed by atoms with Crippen LogP contribution in [0.25, 0.3) is 10.8 Å². The van der Waals surface area contributed by atoms with Crippen LogP contribution in [0.3, 0.4) is 0 Å². The minimum Gasteiger partial charge on any atom is -0.480 e. The van der Waals surface area contributed by atoms with Crippen LogP contribution in [0.15, 0.2) is 64.6 Å². The zero-order valence-corrected chi connectivity index (χ0v) is 20.2. The Labute approximate surface area is 208 Å². The van der Waals surface area contributed by atoms with Gasteiger partial charge in [-0.25, -0.2) is 9.78 Å². The number of anilines is 2. The van der Waals surface area contributed by atoms with Gasteiger partial charge in [0.25, 0.3) is 10.9 Å². The summed E-state index contributed by atoms with van der Waals surface area (Å²) >= 11 is 0. The fourth-order valence-corrected chi connectivity index (χ4v) is 4.17. The average molecular weight is 489 g/mol. The number of rotatable bonds is 12. The molecule has 36 heavy (non-hydrogen) atoms. The highest BCUT2D eigenvalue weighted by Crippen LogP contribution is 2.27. The summed E-state index contributed by atoms with van der Waals surface area (Å²) in [4.78, 5) is 46.8. The fourth-order valence-electron chi connectivity index (χ4n) is 4.17. The van der Waals surface area contributed by atoms with E-state index in [0.29, 0.717) is 24.7 Å². The molecule has 186 valence electrons. The summed E-state index contributed by atoms with van der Waals surface area (Å²) in [6, 6.07) is 9.67. The lowest BCUT2D eigenvalue weighted by molar-refractivity contribution is -0.137. The maximum atomic E-state index is 12.3. The largest absolute Gasteiger partial charge is 0.480 e. The van der Waals surface area contributed by atoms with Crippen molar-refractivity contribution in [3.8, 4) is 11.6 Å². The maximum Gasteiger partial charge on any atom is 0.326 e. The van der Waals surface area contributed by atoms with Gasteiger partial charge in [0.1, 0.15) is 23.2 Å². The Morgan fingerprint density at radius 3 is 2.39 bits per heavy atom. The monoisotopic (exact) mass is 488 g/mol. The number of benzene rings is 1.